The zero-order valence-electron chi connectivity index (χ0n) is 13.2. The van der Waals surface area contributed by atoms with Gasteiger partial charge < -0.3 is 15.2 Å². The number of phenols is 1. The quantitative estimate of drug-likeness (QED) is 0.767. The molecule has 3 aromatic rings. The molecular formula is C17H19N5O2. The van der Waals surface area contributed by atoms with Crippen LogP contribution in [0.3, 0.4) is 0 Å². The van der Waals surface area contributed by atoms with Gasteiger partial charge in [-0.05, 0) is 37.0 Å². The molecule has 3 heterocycles. The van der Waals surface area contributed by atoms with E-state index in [2.05, 4.69) is 20.3 Å². The zero-order valence-corrected chi connectivity index (χ0v) is 13.2. The minimum atomic E-state index is -0.00225. The molecule has 1 aliphatic rings. The number of phenolic OH excluding ortho intramolecular Hbond substituents is 1. The zero-order chi connectivity index (χ0) is 16.4. The smallest absolute Gasteiger partial charge is 0.167 e. The molecule has 0 aliphatic carbocycles. The van der Waals surface area contributed by atoms with Gasteiger partial charge in [-0.25, -0.2) is 15.0 Å². The fourth-order valence-electron chi connectivity index (χ4n) is 2.99. The van der Waals surface area contributed by atoms with E-state index < -0.39 is 0 Å². The topological polar surface area (TPSA) is 85.1 Å². The van der Waals surface area contributed by atoms with Crippen LogP contribution >= 0.6 is 0 Å². The number of aromatic hydroxyl groups is 1. The average Bonchev–Trinajstić information content (AvgIpc) is 3.05. The van der Waals surface area contributed by atoms with Crippen molar-refractivity contribution in [2.45, 2.75) is 32.0 Å². The molecule has 7 nitrogen and oxygen atoms in total. The normalized spacial score (nSPS) is 17.9. The third kappa shape index (κ3) is 2.90. The Morgan fingerprint density at radius 3 is 3.04 bits per heavy atom. The number of hydrogen-bond donors (Lipinski definition) is 2. The summed E-state index contributed by atoms with van der Waals surface area (Å²) in [5.74, 6) is 0.929. The van der Waals surface area contributed by atoms with Gasteiger partial charge >= 0.3 is 0 Å². The van der Waals surface area contributed by atoms with Gasteiger partial charge in [0.25, 0.3) is 0 Å². The van der Waals surface area contributed by atoms with Crippen molar-refractivity contribution in [2.75, 3.05) is 11.9 Å². The third-order valence-corrected chi connectivity index (χ3v) is 4.20. The lowest BCUT2D eigenvalue weighted by Gasteiger charge is -2.23. The lowest BCUT2D eigenvalue weighted by Crippen LogP contribution is -2.17. The highest BCUT2D eigenvalue weighted by Gasteiger charge is 2.19. The SMILES string of the molecule is Oc1cccc(CNc2ncnc3c2ncn3C2CCCCO2)c1. The number of fused-ring (bicyclic) bond motifs is 1. The molecule has 124 valence electrons. The minimum Gasteiger partial charge on any atom is -0.508 e. The van der Waals surface area contributed by atoms with Crippen LogP contribution in [0, 0.1) is 0 Å². The van der Waals surface area contributed by atoms with E-state index in [0.29, 0.717) is 12.4 Å². The van der Waals surface area contributed by atoms with Gasteiger partial charge in [0.2, 0.25) is 0 Å². The lowest BCUT2D eigenvalue weighted by molar-refractivity contribution is -0.0298. The van der Waals surface area contributed by atoms with Crippen LogP contribution in [-0.4, -0.2) is 31.2 Å². The molecule has 7 heteroatoms. The van der Waals surface area contributed by atoms with Gasteiger partial charge in [-0.15, -0.1) is 0 Å². The average molecular weight is 325 g/mol. The monoisotopic (exact) mass is 325 g/mol. The number of nitrogens with one attached hydrogen (secondary N) is 1. The number of imidazole rings is 1. The highest BCUT2D eigenvalue weighted by atomic mass is 16.5. The Labute approximate surface area is 139 Å². The van der Waals surface area contributed by atoms with Gasteiger partial charge in [-0.2, -0.15) is 0 Å². The first-order valence-corrected chi connectivity index (χ1v) is 8.12. The van der Waals surface area contributed by atoms with Crippen molar-refractivity contribution < 1.29 is 9.84 Å². The highest BCUT2D eigenvalue weighted by Crippen LogP contribution is 2.27. The number of aromatic nitrogens is 4. The van der Waals surface area contributed by atoms with Gasteiger partial charge in [-0.1, -0.05) is 12.1 Å². The fourth-order valence-corrected chi connectivity index (χ4v) is 2.99. The lowest BCUT2D eigenvalue weighted by atomic mass is 10.2. The van der Waals surface area contributed by atoms with E-state index in [1.165, 1.54) is 6.33 Å². The Morgan fingerprint density at radius 1 is 1.25 bits per heavy atom. The number of hydrogen-bond acceptors (Lipinski definition) is 6. The first kappa shape index (κ1) is 14.9. The Bertz CT molecular complexity index is 842. The van der Waals surface area contributed by atoms with E-state index in [1.54, 1.807) is 18.5 Å². The molecule has 1 unspecified atom stereocenters. The summed E-state index contributed by atoms with van der Waals surface area (Å²) in [6, 6.07) is 7.13. The second kappa shape index (κ2) is 6.45. The van der Waals surface area contributed by atoms with E-state index in [9.17, 15) is 5.11 Å². The fraction of sp³-hybridized carbons (Fsp3) is 0.353. The van der Waals surface area contributed by atoms with E-state index in [0.717, 1.165) is 42.6 Å². The maximum atomic E-state index is 9.55. The molecule has 1 fully saturated rings. The molecular weight excluding hydrogens is 306 g/mol. The summed E-state index contributed by atoms with van der Waals surface area (Å²) in [6.45, 7) is 1.32. The molecule has 2 N–H and O–H groups in total. The van der Waals surface area contributed by atoms with Crippen molar-refractivity contribution >= 4 is 17.0 Å². The predicted octanol–water partition coefficient (Wildman–Crippen LogP) is 2.84. The first-order valence-electron chi connectivity index (χ1n) is 8.12. The van der Waals surface area contributed by atoms with Crippen molar-refractivity contribution in [1.82, 2.24) is 19.5 Å². The van der Waals surface area contributed by atoms with Gasteiger partial charge in [0.15, 0.2) is 17.0 Å². The van der Waals surface area contributed by atoms with Crippen LogP contribution in [0.25, 0.3) is 11.2 Å². The van der Waals surface area contributed by atoms with Crippen LogP contribution in [0.2, 0.25) is 0 Å². The van der Waals surface area contributed by atoms with Crippen LogP contribution in [0.1, 0.15) is 31.1 Å². The molecule has 4 rings (SSSR count). The highest BCUT2D eigenvalue weighted by molar-refractivity contribution is 5.82. The molecule has 1 atom stereocenters. The molecule has 0 spiro atoms. The summed E-state index contributed by atoms with van der Waals surface area (Å²) in [5, 5.41) is 12.8. The van der Waals surface area contributed by atoms with Crippen LogP contribution in [0.4, 0.5) is 5.82 Å². The van der Waals surface area contributed by atoms with Crippen LogP contribution in [0.5, 0.6) is 5.75 Å². The summed E-state index contributed by atoms with van der Waals surface area (Å²) in [6.07, 6.45) is 6.54. The summed E-state index contributed by atoms with van der Waals surface area (Å²) in [7, 11) is 0. The third-order valence-electron chi connectivity index (χ3n) is 4.20. The van der Waals surface area contributed by atoms with Crippen molar-refractivity contribution in [3.8, 4) is 5.75 Å². The standard InChI is InChI=1S/C17H19N5O2/c23-13-5-3-4-12(8-13)9-18-16-15-17(20-10-19-16)22(11-21-15)14-6-1-2-7-24-14/h3-5,8,10-11,14,23H,1-2,6-7,9H2,(H,18,19,20). The molecule has 1 aromatic carbocycles. The molecule has 0 amide bonds. The maximum Gasteiger partial charge on any atom is 0.167 e. The molecule has 1 aliphatic heterocycles. The van der Waals surface area contributed by atoms with Gasteiger partial charge in [-0.3, -0.25) is 4.57 Å². The Morgan fingerprint density at radius 2 is 2.21 bits per heavy atom. The Balaban J connectivity index is 1.58. The van der Waals surface area contributed by atoms with E-state index in [1.807, 2.05) is 16.7 Å². The molecule has 0 saturated carbocycles. The van der Waals surface area contributed by atoms with Crippen LogP contribution in [-0.2, 0) is 11.3 Å². The molecule has 0 bridgehead atoms. The van der Waals surface area contributed by atoms with Crippen LogP contribution in [0.15, 0.2) is 36.9 Å². The minimum absolute atomic E-state index is 0.00225. The molecule has 2 aromatic heterocycles. The predicted molar refractivity (Wildman–Crippen MR) is 89.6 cm³/mol. The summed E-state index contributed by atoms with van der Waals surface area (Å²) < 4.78 is 7.81. The van der Waals surface area contributed by atoms with Crippen molar-refractivity contribution in [1.29, 1.82) is 0 Å². The van der Waals surface area contributed by atoms with E-state index in [-0.39, 0.29) is 12.0 Å². The molecule has 24 heavy (non-hydrogen) atoms. The second-order valence-corrected chi connectivity index (χ2v) is 5.89. The maximum absolute atomic E-state index is 9.55. The Hall–Kier alpha value is -2.67. The molecule has 0 radical (unpaired) electrons. The summed E-state index contributed by atoms with van der Waals surface area (Å²) in [5.41, 5.74) is 2.47. The largest absolute Gasteiger partial charge is 0.508 e. The van der Waals surface area contributed by atoms with Gasteiger partial charge in [0.05, 0.1) is 6.33 Å². The number of rotatable bonds is 4. The van der Waals surface area contributed by atoms with E-state index >= 15 is 0 Å². The first-order chi connectivity index (χ1) is 11.8. The van der Waals surface area contributed by atoms with Crippen molar-refractivity contribution in [2.24, 2.45) is 0 Å². The number of ether oxygens (including phenoxy) is 1. The number of nitrogens with zero attached hydrogens (tertiary/aromatic N) is 4. The summed E-state index contributed by atoms with van der Waals surface area (Å²) in [4.78, 5) is 13.1. The number of benzene rings is 1. The second-order valence-electron chi connectivity index (χ2n) is 5.89. The van der Waals surface area contributed by atoms with Crippen molar-refractivity contribution in [3.63, 3.8) is 0 Å². The Kier molecular flexibility index (Phi) is 4.00. The van der Waals surface area contributed by atoms with Gasteiger partial charge in [0, 0.05) is 13.2 Å². The number of anilines is 1. The van der Waals surface area contributed by atoms with E-state index in [4.69, 9.17) is 4.74 Å². The van der Waals surface area contributed by atoms with Gasteiger partial charge in [0.1, 0.15) is 18.3 Å². The van der Waals surface area contributed by atoms with Crippen molar-refractivity contribution in [3.05, 3.63) is 42.5 Å². The van der Waals surface area contributed by atoms with Crippen LogP contribution < -0.4 is 5.32 Å². The summed E-state index contributed by atoms with van der Waals surface area (Å²) >= 11 is 0. The molecule has 1 saturated heterocycles.